The van der Waals surface area contributed by atoms with Crippen LogP contribution in [0.2, 0.25) is 0 Å². The molecule has 0 saturated heterocycles. The van der Waals surface area contributed by atoms with Crippen molar-refractivity contribution in [3.63, 3.8) is 0 Å². The number of para-hydroxylation sites is 1. The molecule has 0 fully saturated rings. The van der Waals surface area contributed by atoms with E-state index in [-0.39, 0.29) is 0 Å². The second-order valence-electron chi connectivity index (χ2n) is 5.77. The van der Waals surface area contributed by atoms with Gasteiger partial charge in [0.05, 0.1) is 10.4 Å². The third kappa shape index (κ3) is 2.94. The standard InChI is InChI=1S/C19H19NO2S/c1-15(2)12-13-16-14-20(19-11-7-6-10-18(16)19)23(21,22)17-8-4-3-5-9-17/h3-12,14H,13H2,1-2H3. The topological polar surface area (TPSA) is 39.1 Å². The van der Waals surface area contributed by atoms with Crippen molar-refractivity contribution < 1.29 is 8.42 Å². The quantitative estimate of drug-likeness (QED) is 0.667. The van der Waals surface area contributed by atoms with Crippen molar-refractivity contribution >= 4 is 20.9 Å². The fraction of sp³-hybridized carbons (Fsp3) is 0.158. The van der Waals surface area contributed by atoms with Gasteiger partial charge in [0.1, 0.15) is 0 Å². The first-order valence-electron chi connectivity index (χ1n) is 7.53. The monoisotopic (exact) mass is 325 g/mol. The van der Waals surface area contributed by atoms with E-state index in [2.05, 4.69) is 6.08 Å². The number of hydrogen-bond donors (Lipinski definition) is 0. The van der Waals surface area contributed by atoms with Gasteiger partial charge in [0.2, 0.25) is 0 Å². The van der Waals surface area contributed by atoms with E-state index < -0.39 is 10.0 Å². The molecule has 3 nitrogen and oxygen atoms in total. The summed E-state index contributed by atoms with van der Waals surface area (Å²) in [6, 6.07) is 16.2. The molecular formula is C19H19NO2S. The number of hydrogen-bond acceptors (Lipinski definition) is 2. The minimum absolute atomic E-state index is 0.300. The van der Waals surface area contributed by atoms with Crippen molar-refractivity contribution in [3.05, 3.63) is 78.0 Å². The number of allylic oxidation sites excluding steroid dienone is 2. The minimum atomic E-state index is -3.59. The summed E-state index contributed by atoms with van der Waals surface area (Å²) in [4.78, 5) is 0.300. The Bertz CT molecular complexity index is 963. The Kier molecular flexibility index (Phi) is 4.09. The normalized spacial score (nSPS) is 11.6. The van der Waals surface area contributed by atoms with E-state index in [1.807, 2.05) is 44.2 Å². The molecule has 0 aliphatic carbocycles. The number of benzene rings is 2. The molecule has 118 valence electrons. The average molecular weight is 325 g/mol. The van der Waals surface area contributed by atoms with E-state index in [1.54, 1.807) is 30.5 Å². The molecule has 4 heteroatoms. The summed E-state index contributed by atoms with van der Waals surface area (Å²) in [6.07, 6.45) is 4.58. The Morgan fingerprint density at radius 1 is 1.00 bits per heavy atom. The van der Waals surface area contributed by atoms with Crippen LogP contribution < -0.4 is 0 Å². The number of fused-ring (bicyclic) bond motifs is 1. The van der Waals surface area contributed by atoms with Crippen LogP contribution in [-0.2, 0) is 16.4 Å². The van der Waals surface area contributed by atoms with Crippen LogP contribution in [0.25, 0.3) is 10.9 Å². The molecule has 0 bridgehead atoms. The number of nitrogens with zero attached hydrogens (tertiary/aromatic N) is 1. The Hall–Kier alpha value is -2.33. The maximum Gasteiger partial charge on any atom is 0.268 e. The lowest BCUT2D eigenvalue weighted by Crippen LogP contribution is -2.11. The Labute approximate surface area is 136 Å². The van der Waals surface area contributed by atoms with Crippen LogP contribution in [0.4, 0.5) is 0 Å². The van der Waals surface area contributed by atoms with Crippen LogP contribution in [0.3, 0.4) is 0 Å². The number of rotatable bonds is 4. The fourth-order valence-electron chi connectivity index (χ4n) is 2.60. The Balaban J connectivity index is 2.21. The molecule has 23 heavy (non-hydrogen) atoms. The molecule has 3 aromatic rings. The first-order chi connectivity index (χ1) is 11.0. The van der Waals surface area contributed by atoms with Crippen LogP contribution in [0.15, 0.2) is 77.3 Å². The molecule has 0 atom stereocenters. The third-order valence-electron chi connectivity index (χ3n) is 3.79. The summed E-state index contributed by atoms with van der Waals surface area (Å²) in [5.74, 6) is 0. The lowest BCUT2D eigenvalue weighted by Gasteiger charge is -2.07. The minimum Gasteiger partial charge on any atom is -0.241 e. The zero-order chi connectivity index (χ0) is 16.4. The molecule has 1 heterocycles. The van der Waals surface area contributed by atoms with Crippen molar-refractivity contribution in [3.8, 4) is 0 Å². The van der Waals surface area contributed by atoms with E-state index in [0.29, 0.717) is 10.4 Å². The van der Waals surface area contributed by atoms with E-state index in [0.717, 1.165) is 17.4 Å². The van der Waals surface area contributed by atoms with E-state index in [4.69, 9.17) is 0 Å². The predicted octanol–water partition coefficient (Wildman–Crippen LogP) is 4.39. The van der Waals surface area contributed by atoms with Crippen LogP contribution in [0.1, 0.15) is 19.4 Å². The highest BCUT2D eigenvalue weighted by molar-refractivity contribution is 7.90. The first-order valence-corrected chi connectivity index (χ1v) is 8.97. The van der Waals surface area contributed by atoms with Gasteiger partial charge in [0.15, 0.2) is 0 Å². The second kappa shape index (κ2) is 6.05. The van der Waals surface area contributed by atoms with Crippen molar-refractivity contribution in [2.24, 2.45) is 0 Å². The molecule has 0 amide bonds. The largest absolute Gasteiger partial charge is 0.268 e. The van der Waals surface area contributed by atoms with E-state index >= 15 is 0 Å². The maximum absolute atomic E-state index is 12.9. The zero-order valence-corrected chi connectivity index (χ0v) is 14.0. The highest BCUT2D eigenvalue weighted by atomic mass is 32.2. The van der Waals surface area contributed by atoms with Crippen LogP contribution >= 0.6 is 0 Å². The van der Waals surface area contributed by atoms with Crippen LogP contribution in [-0.4, -0.2) is 12.4 Å². The molecule has 3 rings (SSSR count). The molecule has 1 aromatic heterocycles. The van der Waals surface area contributed by atoms with E-state index in [9.17, 15) is 8.42 Å². The van der Waals surface area contributed by atoms with Gasteiger partial charge in [-0.25, -0.2) is 12.4 Å². The average Bonchev–Trinajstić information content (AvgIpc) is 2.93. The van der Waals surface area contributed by atoms with Gasteiger partial charge in [-0.15, -0.1) is 0 Å². The molecule has 0 aliphatic rings. The van der Waals surface area contributed by atoms with Gasteiger partial charge in [-0.1, -0.05) is 48.0 Å². The highest BCUT2D eigenvalue weighted by Crippen LogP contribution is 2.26. The van der Waals surface area contributed by atoms with Crippen molar-refractivity contribution in [1.29, 1.82) is 0 Å². The van der Waals surface area contributed by atoms with Gasteiger partial charge in [0.25, 0.3) is 10.0 Å². The SMILES string of the molecule is CC(C)=CCc1cn(S(=O)(=O)c2ccccc2)c2ccccc12. The molecule has 0 spiro atoms. The molecule has 0 aliphatic heterocycles. The van der Waals surface area contributed by atoms with Gasteiger partial charge in [0, 0.05) is 11.6 Å². The smallest absolute Gasteiger partial charge is 0.241 e. The van der Waals surface area contributed by atoms with Gasteiger partial charge in [-0.3, -0.25) is 0 Å². The predicted molar refractivity (Wildman–Crippen MR) is 94.1 cm³/mol. The van der Waals surface area contributed by atoms with Crippen molar-refractivity contribution in [1.82, 2.24) is 3.97 Å². The Morgan fingerprint density at radius 3 is 2.35 bits per heavy atom. The molecule has 0 unspecified atom stereocenters. The van der Waals surface area contributed by atoms with Gasteiger partial charge >= 0.3 is 0 Å². The van der Waals surface area contributed by atoms with Gasteiger partial charge in [-0.05, 0) is 44.0 Å². The second-order valence-corrected chi connectivity index (χ2v) is 7.59. The summed E-state index contributed by atoms with van der Waals surface area (Å²) in [5.41, 5.74) is 2.95. The summed E-state index contributed by atoms with van der Waals surface area (Å²) >= 11 is 0. The van der Waals surface area contributed by atoms with Gasteiger partial charge < -0.3 is 0 Å². The first kappa shape index (κ1) is 15.6. The summed E-state index contributed by atoms with van der Waals surface area (Å²) < 4.78 is 27.3. The molecule has 0 N–H and O–H groups in total. The fourth-order valence-corrected chi connectivity index (χ4v) is 4.01. The summed E-state index contributed by atoms with van der Waals surface area (Å²) in [7, 11) is -3.59. The lowest BCUT2D eigenvalue weighted by molar-refractivity contribution is 0.589. The third-order valence-corrected chi connectivity index (χ3v) is 5.48. The highest BCUT2D eigenvalue weighted by Gasteiger charge is 2.20. The van der Waals surface area contributed by atoms with Crippen molar-refractivity contribution in [2.45, 2.75) is 25.2 Å². The van der Waals surface area contributed by atoms with E-state index in [1.165, 1.54) is 9.55 Å². The molecule has 2 aromatic carbocycles. The van der Waals surface area contributed by atoms with Crippen LogP contribution in [0.5, 0.6) is 0 Å². The van der Waals surface area contributed by atoms with Gasteiger partial charge in [-0.2, -0.15) is 0 Å². The summed E-state index contributed by atoms with van der Waals surface area (Å²) in [6.45, 7) is 4.08. The zero-order valence-electron chi connectivity index (χ0n) is 13.2. The van der Waals surface area contributed by atoms with Crippen molar-refractivity contribution in [2.75, 3.05) is 0 Å². The lowest BCUT2D eigenvalue weighted by atomic mass is 10.1. The summed E-state index contributed by atoms with van der Waals surface area (Å²) in [5, 5.41) is 0.976. The molecular weight excluding hydrogens is 306 g/mol. The maximum atomic E-state index is 12.9. The molecule has 0 saturated carbocycles. The number of aromatic nitrogens is 1. The molecule has 0 radical (unpaired) electrons. The van der Waals surface area contributed by atoms with Crippen LogP contribution in [0, 0.1) is 0 Å². The Morgan fingerprint density at radius 2 is 1.65 bits per heavy atom.